The maximum Gasteiger partial charge on any atom is 0.139 e. The van der Waals surface area contributed by atoms with Crippen molar-refractivity contribution >= 4 is 82.3 Å². The highest BCUT2D eigenvalue weighted by atomic mass is 16.3. The summed E-state index contributed by atoms with van der Waals surface area (Å²) in [6.45, 7) is 2.34. The summed E-state index contributed by atoms with van der Waals surface area (Å²) in [5.41, 5.74) is 15.9. The fourth-order valence-electron chi connectivity index (χ4n) is 10.0. The monoisotopic (exact) mass is 778 g/mol. The lowest BCUT2D eigenvalue weighted by molar-refractivity contribution is 0.656. The Kier molecular flexibility index (Phi) is 7.38. The molecule has 0 aliphatic heterocycles. The minimum atomic E-state index is 0.503. The minimum Gasteiger partial charge on any atom is -0.456 e. The summed E-state index contributed by atoms with van der Waals surface area (Å²) in [7, 11) is 0. The third-order valence-electron chi connectivity index (χ3n) is 13.2. The van der Waals surface area contributed by atoms with Gasteiger partial charge in [0.05, 0.1) is 0 Å². The SMILES string of the molecule is CC1CC=Cc2c1cc(-c1cccc(-c3ccc4cc(-c5ccc6oc7cc8oc9ccc(-c%10ccc%11ccccc%11c%10)cc9c8cc7c6c5)ccc4c3)c1)c1ccccc21. The van der Waals surface area contributed by atoms with Crippen LogP contribution in [0, 0.1) is 0 Å². The molecule has 0 bridgehead atoms. The number of furan rings is 2. The summed E-state index contributed by atoms with van der Waals surface area (Å²) in [6, 6.07) is 66.6. The van der Waals surface area contributed by atoms with Gasteiger partial charge in [-0.2, -0.15) is 0 Å². The van der Waals surface area contributed by atoms with Crippen LogP contribution in [0.3, 0.4) is 0 Å². The van der Waals surface area contributed by atoms with Crippen molar-refractivity contribution in [1.82, 2.24) is 0 Å². The van der Waals surface area contributed by atoms with Crippen molar-refractivity contribution in [3.8, 4) is 44.5 Å². The van der Waals surface area contributed by atoms with Crippen LogP contribution in [0.5, 0.6) is 0 Å². The number of rotatable bonds is 4. The highest BCUT2D eigenvalue weighted by molar-refractivity contribution is 6.16. The first-order valence-corrected chi connectivity index (χ1v) is 21.3. The molecule has 61 heavy (non-hydrogen) atoms. The van der Waals surface area contributed by atoms with Crippen molar-refractivity contribution < 1.29 is 8.83 Å². The van der Waals surface area contributed by atoms with Crippen LogP contribution in [0.25, 0.3) is 127 Å². The van der Waals surface area contributed by atoms with Gasteiger partial charge in [-0.1, -0.05) is 134 Å². The Bertz CT molecular complexity index is 3820. The number of benzene rings is 10. The van der Waals surface area contributed by atoms with Crippen LogP contribution in [0.4, 0.5) is 0 Å². The van der Waals surface area contributed by atoms with Gasteiger partial charge in [0.25, 0.3) is 0 Å². The van der Waals surface area contributed by atoms with Gasteiger partial charge in [0.1, 0.15) is 22.3 Å². The summed E-state index contributed by atoms with van der Waals surface area (Å²) >= 11 is 0. The molecule has 0 amide bonds. The molecule has 0 radical (unpaired) electrons. The highest BCUT2D eigenvalue weighted by Gasteiger charge is 2.19. The van der Waals surface area contributed by atoms with Crippen LogP contribution < -0.4 is 0 Å². The molecule has 2 nitrogen and oxygen atoms in total. The largest absolute Gasteiger partial charge is 0.456 e. The zero-order chi connectivity index (χ0) is 40.2. The van der Waals surface area contributed by atoms with Crippen molar-refractivity contribution in [3.05, 3.63) is 199 Å². The molecule has 0 fully saturated rings. The maximum absolute atomic E-state index is 6.43. The molecular weight excluding hydrogens is 741 g/mol. The maximum atomic E-state index is 6.43. The molecule has 0 saturated carbocycles. The molecule has 286 valence electrons. The van der Waals surface area contributed by atoms with Crippen LogP contribution in [0.15, 0.2) is 197 Å². The standard InChI is InChI=1S/C59H38O2/c1-35-8-6-15-48-47-13-4-5-14-49(47)51(32-50(35)48)46-12-7-11-38(29-46)39-18-19-41-28-43(21-20-40(41)27-39)45-23-25-57-53(31-45)55-33-54-52-30-44(22-24-56(52)60-58(54)34-59(55)61-57)42-17-16-36-9-2-3-10-37(36)26-42/h2-7,9-35H,8H2,1H3. The summed E-state index contributed by atoms with van der Waals surface area (Å²) in [4.78, 5) is 0. The predicted octanol–water partition coefficient (Wildman–Crippen LogP) is 17.1. The zero-order valence-corrected chi connectivity index (χ0v) is 33.6. The molecule has 0 saturated heterocycles. The van der Waals surface area contributed by atoms with E-state index in [0.29, 0.717) is 5.92 Å². The number of fused-ring (bicyclic) bond motifs is 11. The van der Waals surface area contributed by atoms with Crippen molar-refractivity contribution in [3.63, 3.8) is 0 Å². The molecule has 2 heterocycles. The second-order valence-corrected chi connectivity index (χ2v) is 16.9. The molecule has 0 spiro atoms. The first-order valence-electron chi connectivity index (χ1n) is 21.3. The fraction of sp³-hybridized carbons (Fsp3) is 0.0508. The first-order chi connectivity index (χ1) is 30.1. The fourth-order valence-corrected chi connectivity index (χ4v) is 10.0. The van der Waals surface area contributed by atoms with Gasteiger partial charge in [-0.15, -0.1) is 0 Å². The van der Waals surface area contributed by atoms with Crippen LogP contribution in [0.1, 0.15) is 30.4 Å². The van der Waals surface area contributed by atoms with Crippen molar-refractivity contribution in [2.24, 2.45) is 0 Å². The topological polar surface area (TPSA) is 26.3 Å². The van der Waals surface area contributed by atoms with Crippen LogP contribution in [0.2, 0.25) is 0 Å². The van der Waals surface area contributed by atoms with Gasteiger partial charge in [-0.3, -0.25) is 0 Å². The Labute approximate surface area is 352 Å². The molecule has 2 aromatic heterocycles. The Balaban J connectivity index is 0.851. The molecule has 1 atom stereocenters. The Morgan fingerprint density at radius 1 is 0.361 bits per heavy atom. The highest BCUT2D eigenvalue weighted by Crippen LogP contribution is 2.42. The lowest BCUT2D eigenvalue weighted by Gasteiger charge is -2.22. The van der Waals surface area contributed by atoms with E-state index >= 15 is 0 Å². The lowest BCUT2D eigenvalue weighted by Crippen LogP contribution is -2.01. The second kappa shape index (κ2) is 13.2. The molecule has 10 aromatic carbocycles. The van der Waals surface area contributed by atoms with Gasteiger partial charge in [-0.25, -0.2) is 0 Å². The van der Waals surface area contributed by atoms with E-state index < -0.39 is 0 Å². The summed E-state index contributed by atoms with van der Waals surface area (Å²) in [6.07, 6.45) is 5.72. The average molecular weight is 779 g/mol. The molecule has 2 heteroatoms. The lowest BCUT2D eigenvalue weighted by atomic mass is 9.82. The smallest absolute Gasteiger partial charge is 0.139 e. The predicted molar refractivity (Wildman–Crippen MR) is 257 cm³/mol. The van der Waals surface area contributed by atoms with E-state index in [9.17, 15) is 0 Å². The summed E-state index contributed by atoms with van der Waals surface area (Å²) in [5.74, 6) is 0.503. The summed E-state index contributed by atoms with van der Waals surface area (Å²) in [5, 5.41) is 11.9. The first kappa shape index (κ1) is 34.2. The second-order valence-electron chi connectivity index (χ2n) is 16.9. The van der Waals surface area contributed by atoms with Gasteiger partial charge in [0.15, 0.2) is 0 Å². The third kappa shape index (κ3) is 5.49. The Hall–Kier alpha value is -7.68. The molecule has 12 aromatic rings. The third-order valence-corrected chi connectivity index (χ3v) is 13.2. The van der Waals surface area contributed by atoms with Crippen LogP contribution in [-0.4, -0.2) is 0 Å². The van der Waals surface area contributed by atoms with Crippen LogP contribution >= 0.6 is 0 Å². The molecule has 1 aliphatic carbocycles. The van der Waals surface area contributed by atoms with E-state index in [1.54, 1.807) is 0 Å². The van der Waals surface area contributed by atoms with Gasteiger partial charge < -0.3 is 8.83 Å². The van der Waals surface area contributed by atoms with E-state index in [2.05, 4.69) is 201 Å². The minimum absolute atomic E-state index is 0.503. The number of allylic oxidation sites excluding steroid dienone is 1. The van der Waals surface area contributed by atoms with Crippen LogP contribution in [-0.2, 0) is 0 Å². The van der Waals surface area contributed by atoms with Crippen molar-refractivity contribution in [2.75, 3.05) is 0 Å². The van der Waals surface area contributed by atoms with Gasteiger partial charge in [0, 0.05) is 27.6 Å². The summed E-state index contributed by atoms with van der Waals surface area (Å²) < 4.78 is 12.8. The number of hydrogen-bond donors (Lipinski definition) is 0. The van der Waals surface area contributed by atoms with E-state index in [4.69, 9.17) is 8.83 Å². The van der Waals surface area contributed by atoms with E-state index in [1.807, 2.05) is 0 Å². The normalized spacial score (nSPS) is 14.0. The molecule has 13 rings (SSSR count). The Morgan fingerprint density at radius 3 is 1.54 bits per heavy atom. The van der Waals surface area contributed by atoms with Crippen molar-refractivity contribution in [1.29, 1.82) is 0 Å². The average Bonchev–Trinajstić information content (AvgIpc) is 3.86. The van der Waals surface area contributed by atoms with E-state index in [0.717, 1.165) is 55.9 Å². The molecule has 0 N–H and O–H groups in total. The quantitative estimate of drug-likeness (QED) is 0.178. The van der Waals surface area contributed by atoms with Gasteiger partial charge in [0.2, 0.25) is 0 Å². The van der Waals surface area contributed by atoms with Gasteiger partial charge in [-0.05, 0) is 161 Å². The molecule has 1 aliphatic rings. The number of hydrogen-bond acceptors (Lipinski definition) is 2. The van der Waals surface area contributed by atoms with Crippen molar-refractivity contribution in [2.45, 2.75) is 19.3 Å². The Morgan fingerprint density at radius 2 is 0.869 bits per heavy atom. The van der Waals surface area contributed by atoms with E-state index in [1.165, 1.54) is 82.4 Å². The van der Waals surface area contributed by atoms with E-state index in [-0.39, 0.29) is 0 Å². The zero-order valence-electron chi connectivity index (χ0n) is 33.6. The van der Waals surface area contributed by atoms with Gasteiger partial charge >= 0.3 is 0 Å². The molecule has 1 unspecified atom stereocenters. The molecular formula is C59H38O2.